The largest absolute Gasteiger partial charge is 0.477 e. The van der Waals surface area contributed by atoms with E-state index in [2.05, 4.69) is 9.88 Å². The van der Waals surface area contributed by atoms with Crippen molar-refractivity contribution in [1.29, 1.82) is 0 Å². The average Bonchev–Trinajstić information content (AvgIpc) is 2.86. The van der Waals surface area contributed by atoms with Crippen molar-refractivity contribution >= 4 is 17.1 Å². The molecule has 0 radical (unpaired) electrons. The second-order valence-corrected chi connectivity index (χ2v) is 5.11. The van der Waals surface area contributed by atoms with Gasteiger partial charge in [-0.15, -0.1) is 0 Å². The monoisotopic (exact) mass is 290 g/mol. The minimum absolute atomic E-state index is 0.201. The van der Waals surface area contributed by atoms with Crippen LogP contribution in [0.5, 0.6) is 0 Å². The van der Waals surface area contributed by atoms with Gasteiger partial charge in [0.2, 0.25) is 0 Å². The van der Waals surface area contributed by atoms with Gasteiger partial charge in [-0.1, -0.05) is 0 Å². The Kier molecular flexibility index (Phi) is 4.17. The number of hydrogen-bond acceptors (Lipinski definition) is 5. The zero-order valence-corrected chi connectivity index (χ0v) is 11.7. The molecule has 1 N–H and O–H groups in total. The Labute approximate surface area is 122 Å². The highest BCUT2D eigenvalue weighted by Crippen LogP contribution is 2.25. The summed E-state index contributed by atoms with van der Waals surface area (Å²) in [5.74, 6) is -0.460. The number of furan rings is 1. The molecule has 0 unspecified atom stereocenters. The quantitative estimate of drug-likeness (QED) is 0.904. The van der Waals surface area contributed by atoms with E-state index < -0.39 is 5.97 Å². The minimum Gasteiger partial charge on any atom is -0.477 e. The van der Waals surface area contributed by atoms with Crippen molar-refractivity contribution in [2.75, 3.05) is 32.8 Å². The highest BCUT2D eigenvalue weighted by molar-refractivity contribution is 6.01. The van der Waals surface area contributed by atoms with E-state index in [1.807, 2.05) is 0 Å². The predicted octanol–water partition coefficient (Wildman–Crippen LogP) is 1.79. The fourth-order valence-electron chi connectivity index (χ4n) is 2.66. The molecule has 1 saturated heterocycles. The number of carboxylic acids is 1. The van der Waals surface area contributed by atoms with Crippen molar-refractivity contribution in [1.82, 2.24) is 9.88 Å². The summed E-state index contributed by atoms with van der Waals surface area (Å²) in [6, 6.07) is 3.50. The Hall–Kier alpha value is -1.92. The maximum atomic E-state index is 11.4. The van der Waals surface area contributed by atoms with Crippen molar-refractivity contribution < 1.29 is 19.1 Å². The number of aromatic carboxylic acids is 1. The Balaban J connectivity index is 1.71. The van der Waals surface area contributed by atoms with E-state index in [0.29, 0.717) is 23.3 Å². The summed E-state index contributed by atoms with van der Waals surface area (Å²) in [6.07, 6.45) is 3.05. The summed E-state index contributed by atoms with van der Waals surface area (Å²) in [7, 11) is 0. The van der Waals surface area contributed by atoms with Gasteiger partial charge in [0.05, 0.1) is 13.2 Å². The highest BCUT2D eigenvalue weighted by atomic mass is 16.5. The third kappa shape index (κ3) is 3.06. The molecule has 0 spiro atoms. The van der Waals surface area contributed by atoms with E-state index in [1.165, 1.54) is 0 Å². The fraction of sp³-hybridized carbons (Fsp3) is 0.467. The summed E-state index contributed by atoms with van der Waals surface area (Å²) in [5.41, 5.74) is 1.18. The molecular formula is C15H18N2O4. The molecule has 112 valence electrons. The average molecular weight is 290 g/mol. The summed E-state index contributed by atoms with van der Waals surface area (Å²) in [4.78, 5) is 17.9. The number of aryl methyl sites for hydroxylation is 1. The smallest absolute Gasteiger partial charge is 0.341 e. The van der Waals surface area contributed by atoms with Gasteiger partial charge < -0.3 is 14.3 Å². The maximum Gasteiger partial charge on any atom is 0.341 e. The molecule has 0 bridgehead atoms. The van der Waals surface area contributed by atoms with E-state index >= 15 is 0 Å². The molecule has 2 aromatic rings. The highest BCUT2D eigenvalue weighted by Gasteiger charge is 2.21. The molecule has 3 heterocycles. The van der Waals surface area contributed by atoms with Gasteiger partial charge in [-0.25, -0.2) is 4.79 Å². The summed E-state index contributed by atoms with van der Waals surface area (Å²) in [5, 5.41) is 9.37. The Morgan fingerprint density at radius 3 is 2.95 bits per heavy atom. The number of aromatic nitrogens is 1. The third-order valence-electron chi connectivity index (χ3n) is 3.72. The summed E-state index contributed by atoms with van der Waals surface area (Å²) in [6.45, 7) is 4.34. The van der Waals surface area contributed by atoms with Crippen LogP contribution >= 0.6 is 0 Å². The summed E-state index contributed by atoms with van der Waals surface area (Å²) < 4.78 is 11.0. The molecule has 0 aliphatic carbocycles. The molecule has 0 amide bonds. The van der Waals surface area contributed by atoms with E-state index in [-0.39, 0.29) is 5.56 Å². The van der Waals surface area contributed by atoms with Crippen molar-refractivity contribution in [3.8, 4) is 0 Å². The number of morpholine rings is 1. The molecule has 2 aromatic heterocycles. The molecular weight excluding hydrogens is 272 g/mol. The number of fused-ring (bicyclic) bond motifs is 1. The Morgan fingerprint density at radius 1 is 1.38 bits per heavy atom. The molecule has 1 aliphatic heterocycles. The molecule has 1 fully saturated rings. The van der Waals surface area contributed by atoms with Gasteiger partial charge in [-0.2, -0.15) is 0 Å². The van der Waals surface area contributed by atoms with E-state index in [1.54, 1.807) is 18.3 Å². The van der Waals surface area contributed by atoms with Crippen LogP contribution in [0, 0.1) is 0 Å². The maximum absolute atomic E-state index is 11.4. The first-order valence-electron chi connectivity index (χ1n) is 7.15. The molecule has 6 heteroatoms. The fourth-order valence-corrected chi connectivity index (χ4v) is 2.66. The topological polar surface area (TPSA) is 75.8 Å². The lowest BCUT2D eigenvalue weighted by Gasteiger charge is -2.26. The Bertz CT molecular complexity index is 632. The van der Waals surface area contributed by atoms with Gasteiger partial charge in [-0.3, -0.25) is 9.88 Å². The zero-order valence-electron chi connectivity index (χ0n) is 11.7. The number of nitrogens with zero attached hydrogens (tertiary/aromatic N) is 2. The lowest BCUT2D eigenvalue weighted by atomic mass is 10.1. The molecule has 1 aliphatic rings. The number of pyridine rings is 1. The van der Waals surface area contributed by atoms with Gasteiger partial charge in [0.15, 0.2) is 5.58 Å². The first-order valence-corrected chi connectivity index (χ1v) is 7.15. The van der Waals surface area contributed by atoms with Crippen LogP contribution < -0.4 is 0 Å². The number of hydrogen-bond donors (Lipinski definition) is 1. The van der Waals surface area contributed by atoms with Crippen LogP contribution in [0.4, 0.5) is 0 Å². The molecule has 0 atom stereocenters. The van der Waals surface area contributed by atoms with Gasteiger partial charge >= 0.3 is 5.97 Å². The van der Waals surface area contributed by atoms with Crippen LogP contribution in [-0.4, -0.2) is 53.8 Å². The van der Waals surface area contributed by atoms with Crippen LogP contribution in [0.25, 0.3) is 11.1 Å². The number of ether oxygens (including phenoxy) is 1. The predicted molar refractivity (Wildman–Crippen MR) is 76.5 cm³/mol. The second kappa shape index (κ2) is 6.24. The molecule has 0 saturated carbocycles. The van der Waals surface area contributed by atoms with Gasteiger partial charge in [0, 0.05) is 25.7 Å². The molecule has 21 heavy (non-hydrogen) atoms. The van der Waals surface area contributed by atoms with Gasteiger partial charge in [0.1, 0.15) is 16.8 Å². The number of carboxylic acid groups (broad SMARTS) is 1. The van der Waals surface area contributed by atoms with Crippen molar-refractivity contribution in [3.05, 3.63) is 29.7 Å². The SMILES string of the molecule is O=C(O)c1c(CCCN2CCOCC2)oc2cccnc12. The van der Waals surface area contributed by atoms with Gasteiger partial charge in [-0.05, 0) is 25.1 Å². The van der Waals surface area contributed by atoms with E-state index in [0.717, 1.165) is 39.3 Å². The summed E-state index contributed by atoms with van der Waals surface area (Å²) >= 11 is 0. The molecule has 6 nitrogen and oxygen atoms in total. The first kappa shape index (κ1) is 14.0. The Morgan fingerprint density at radius 2 is 2.19 bits per heavy atom. The van der Waals surface area contributed by atoms with Crippen molar-refractivity contribution in [2.45, 2.75) is 12.8 Å². The van der Waals surface area contributed by atoms with Crippen molar-refractivity contribution in [2.24, 2.45) is 0 Å². The first-order chi connectivity index (χ1) is 10.3. The lowest BCUT2D eigenvalue weighted by molar-refractivity contribution is 0.0373. The normalized spacial score (nSPS) is 16.4. The second-order valence-electron chi connectivity index (χ2n) is 5.11. The molecule has 3 rings (SSSR count). The minimum atomic E-state index is -0.978. The van der Waals surface area contributed by atoms with Crippen LogP contribution in [0.1, 0.15) is 22.5 Å². The van der Waals surface area contributed by atoms with E-state index in [9.17, 15) is 9.90 Å². The van der Waals surface area contributed by atoms with Crippen LogP contribution in [-0.2, 0) is 11.2 Å². The van der Waals surface area contributed by atoms with Crippen LogP contribution in [0.2, 0.25) is 0 Å². The lowest BCUT2D eigenvalue weighted by Crippen LogP contribution is -2.36. The van der Waals surface area contributed by atoms with E-state index in [4.69, 9.17) is 9.15 Å². The van der Waals surface area contributed by atoms with Crippen molar-refractivity contribution in [3.63, 3.8) is 0 Å². The van der Waals surface area contributed by atoms with Crippen LogP contribution in [0.3, 0.4) is 0 Å². The van der Waals surface area contributed by atoms with Crippen LogP contribution in [0.15, 0.2) is 22.7 Å². The third-order valence-corrected chi connectivity index (χ3v) is 3.72. The zero-order chi connectivity index (χ0) is 14.7. The van der Waals surface area contributed by atoms with Gasteiger partial charge in [0.25, 0.3) is 0 Å². The standard InChI is InChI=1S/C15H18N2O4/c18-15(19)13-11(21-12-3-1-5-16-14(12)13)4-2-6-17-7-9-20-10-8-17/h1,3,5H,2,4,6-10H2,(H,18,19). The molecule has 0 aromatic carbocycles. The number of rotatable bonds is 5. The number of carbonyl (C=O) groups is 1.